The van der Waals surface area contributed by atoms with Gasteiger partial charge in [0.1, 0.15) is 0 Å². The Kier molecular flexibility index (Phi) is 5.22. The SMILES string of the molecule is CCOC(=O)c1cnc(NN=Cc2ccccc2Cl)nc1. The molecule has 0 saturated carbocycles. The number of nitrogens with zero attached hydrogens (tertiary/aromatic N) is 3. The van der Waals surface area contributed by atoms with Crippen LogP contribution in [0.3, 0.4) is 0 Å². The number of rotatable bonds is 5. The van der Waals surface area contributed by atoms with Crippen LogP contribution in [0.1, 0.15) is 22.8 Å². The fourth-order valence-electron chi connectivity index (χ4n) is 1.44. The van der Waals surface area contributed by atoms with E-state index in [1.807, 2.05) is 18.2 Å². The fourth-order valence-corrected chi connectivity index (χ4v) is 1.63. The van der Waals surface area contributed by atoms with Gasteiger partial charge in [0.15, 0.2) is 0 Å². The van der Waals surface area contributed by atoms with E-state index in [1.54, 1.807) is 19.2 Å². The number of anilines is 1. The average molecular weight is 305 g/mol. The first-order valence-electron chi connectivity index (χ1n) is 6.23. The molecule has 1 heterocycles. The van der Waals surface area contributed by atoms with Crippen molar-refractivity contribution in [3.63, 3.8) is 0 Å². The summed E-state index contributed by atoms with van der Waals surface area (Å²) in [5.41, 5.74) is 3.72. The molecule has 6 nitrogen and oxygen atoms in total. The molecule has 0 aliphatic heterocycles. The van der Waals surface area contributed by atoms with E-state index < -0.39 is 5.97 Å². The van der Waals surface area contributed by atoms with Crippen LogP contribution >= 0.6 is 11.6 Å². The minimum absolute atomic E-state index is 0.270. The zero-order chi connectivity index (χ0) is 15.1. The van der Waals surface area contributed by atoms with Crippen LogP contribution in [0.5, 0.6) is 0 Å². The quantitative estimate of drug-likeness (QED) is 0.522. The normalized spacial score (nSPS) is 10.6. The molecule has 2 rings (SSSR count). The lowest BCUT2D eigenvalue weighted by Gasteiger charge is -2.02. The molecular formula is C14H13ClN4O2. The maximum atomic E-state index is 11.4. The average Bonchev–Trinajstić information content (AvgIpc) is 2.50. The number of nitrogens with one attached hydrogen (secondary N) is 1. The van der Waals surface area contributed by atoms with Crippen molar-refractivity contribution in [3.05, 3.63) is 52.8 Å². The second-order valence-electron chi connectivity index (χ2n) is 3.91. The Morgan fingerprint density at radius 2 is 2.10 bits per heavy atom. The van der Waals surface area contributed by atoms with Crippen LogP contribution in [0, 0.1) is 0 Å². The van der Waals surface area contributed by atoms with Crippen molar-refractivity contribution in [2.24, 2.45) is 5.10 Å². The van der Waals surface area contributed by atoms with Crippen LogP contribution in [-0.2, 0) is 4.74 Å². The molecule has 0 bridgehead atoms. The number of hydrazone groups is 1. The Balaban J connectivity index is 1.98. The van der Waals surface area contributed by atoms with Crippen molar-refractivity contribution < 1.29 is 9.53 Å². The summed E-state index contributed by atoms with van der Waals surface area (Å²) in [5.74, 6) is -0.185. The molecule has 0 aliphatic carbocycles. The second-order valence-corrected chi connectivity index (χ2v) is 4.31. The van der Waals surface area contributed by atoms with E-state index in [0.29, 0.717) is 11.6 Å². The number of carbonyl (C=O) groups is 1. The molecule has 0 unspecified atom stereocenters. The summed E-state index contributed by atoms with van der Waals surface area (Å²) in [7, 11) is 0. The zero-order valence-corrected chi connectivity index (χ0v) is 12.0. The molecule has 108 valence electrons. The van der Waals surface area contributed by atoms with Crippen LogP contribution in [0.4, 0.5) is 5.95 Å². The van der Waals surface area contributed by atoms with E-state index in [4.69, 9.17) is 16.3 Å². The lowest BCUT2D eigenvalue weighted by Crippen LogP contribution is -2.06. The number of halogens is 1. The number of hydrogen-bond acceptors (Lipinski definition) is 6. The Hall–Kier alpha value is -2.47. The molecule has 2 aromatic rings. The molecule has 1 aromatic heterocycles. The van der Waals surface area contributed by atoms with Gasteiger partial charge in [0.25, 0.3) is 0 Å². The van der Waals surface area contributed by atoms with Gasteiger partial charge in [-0.3, -0.25) is 0 Å². The third-order valence-corrected chi connectivity index (χ3v) is 2.78. The highest BCUT2D eigenvalue weighted by molar-refractivity contribution is 6.33. The predicted molar refractivity (Wildman–Crippen MR) is 80.7 cm³/mol. The first-order chi connectivity index (χ1) is 10.2. The fraction of sp³-hybridized carbons (Fsp3) is 0.143. The molecule has 0 aliphatic rings. The van der Waals surface area contributed by atoms with Crippen LogP contribution < -0.4 is 5.43 Å². The standard InChI is InChI=1S/C14H13ClN4O2/c1-2-21-13(20)11-7-16-14(17-8-11)19-18-9-10-5-3-4-6-12(10)15/h3-9H,2H2,1H3,(H,16,17,19). The third-order valence-electron chi connectivity index (χ3n) is 2.44. The molecule has 1 N–H and O–H groups in total. The number of benzene rings is 1. The van der Waals surface area contributed by atoms with E-state index in [1.165, 1.54) is 12.4 Å². The highest BCUT2D eigenvalue weighted by atomic mass is 35.5. The maximum absolute atomic E-state index is 11.4. The highest BCUT2D eigenvalue weighted by Crippen LogP contribution is 2.12. The molecule has 0 amide bonds. The second kappa shape index (κ2) is 7.35. The summed E-state index contributed by atoms with van der Waals surface area (Å²) in [6.07, 6.45) is 4.31. The minimum atomic E-state index is -0.455. The lowest BCUT2D eigenvalue weighted by atomic mass is 10.2. The van der Waals surface area contributed by atoms with E-state index in [2.05, 4.69) is 20.5 Å². The summed E-state index contributed by atoms with van der Waals surface area (Å²) in [6, 6.07) is 7.30. The number of aromatic nitrogens is 2. The smallest absolute Gasteiger partial charge is 0.341 e. The van der Waals surface area contributed by atoms with Crippen molar-refractivity contribution in [1.29, 1.82) is 0 Å². The summed E-state index contributed by atoms with van der Waals surface area (Å²) < 4.78 is 4.84. The third kappa shape index (κ3) is 4.25. The number of carbonyl (C=O) groups excluding carboxylic acids is 1. The molecule has 1 aromatic carbocycles. The van der Waals surface area contributed by atoms with Gasteiger partial charge in [0, 0.05) is 23.0 Å². The van der Waals surface area contributed by atoms with Crippen molar-refractivity contribution >= 4 is 29.7 Å². The topological polar surface area (TPSA) is 76.5 Å². The molecule has 21 heavy (non-hydrogen) atoms. The molecule has 0 fully saturated rings. The summed E-state index contributed by atoms with van der Waals surface area (Å²) in [4.78, 5) is 19.4. The maximum Gasteiger partial charge on any atom is 0.341 e. The van der Waals surface area contributed by atoms with E-state index >= 15 is 0 Å². The van der Waals surface area contributed by atoms with E-state index in [9.17, 15) is 4.79 Å². The van der Waals surface area contributed by atoms with Crippen molar-refractivity contribution in [3.8, 4) is 0 Å². The first kappa shape index (κ1) is 14.9. The van der Waals surface area contributed by atoms with Gasteiger partial charge in [-0.25, -0.2) is 20.2 Å². The van der Waals surface area contributed by atoms with Crippen molar-refractivity contribution in [2.45, 2.75) is 6.92 Å². The number of ether oxygens (including phenoxy) is 1. The Bertz CT molecular complexity index is 644. The van der Waals surface area contributed by atoms with Crippen LogP contribution in [-0.4, -0.2) is 28.8 Å². The van der Waals surface area contributed by atoms with Gasteiger partial charge in [-0.05, 0) is 13.0 Å². The van der Waals surface area contributed by atoms with Crippen LogP contribution in [0.25, 0.3) is 0 Å². The van der Waals surface area contributed by atoms with E-state index in [-0.39, 0.29) is 11.5 Å². The van der Waals surface area contributed by atoms with Crippen LogP contribution in [0.2, 0.25) is 5.02 Å². The summed E-state index contributed by atoms with van der Waals surface area (Å²) >= 11 is 5.99. The summed E-state index contributed by atoms with van der Waals surface area (Å²) in [6.45, 7) is 2.04. The zero-order valence-electron chi connectivity index (χ0n) is 11.3. The van der Waals surface area contributed by atoms with Crippen molar-refractivity contribution in [1.82, 2.24) is 9.97 Å². The number of hydrogen-bond donors (Lipinski definition) is 1. The van der Waals surface area contributed by atoms with Gasteiger partial charge in [-0.1, -0.05) is 29.8 Å². The highest BCUT2D eigenvalue weighted by Gasteiger charge is 2.07. The van der Waals surface area contributed by atoms with Gasteiger partial charge in [-0.2, -0.15) is 5.10 Å². The largest absolute Gasteiger partial charge is 0.462 e. The Morgan fingerprint density at radius 1 is 1.38 bits per heavy atom. The first-order valence-corrected chi connectivity index (χ1v) is 6.61. The molecule has 0 spiro atoms. The minimum Gasteiger partial charge on any atom is -0.462 e. The molecule has 0 saturated heterocycles. The van der Waals surface area contributed by atoms with E-state index in [0.717, 1.165) is 5.56 Å². The summed E-state index contributed by atoms with van der Waals surface area (Å²) in [5, 5.41) is 4.58. The molecule has 7 heteroatoms. The monoisotopic (exact) mass is 304 g/mol. The molecular weight excluding hydrogens is 292 g/mol. The predicted octanol–water partition coefficient (Wildman–Crippen LogP) is 2.75. The van der Waals surface area contributed by atoms with Crippen LogP contribution in [0.15, 0.2) is 41.8 Å². The van der Waals surface area contributed by atoms with Gasteiger partial charge in [0.2, 0.25) is 5.95 Å². The molecule has 0 radical (unpaired) electrons. The Labute approximate surface area is 126 Å². The van der Waals surface area contributed by atoms with Gasteiger partial charge in [0.05, 0.1) is 18.4 Å². The van der Waals surface area contributed by atoms with Gasteiger partial charge < -0.3 is 4.74 Å². The van der Waals surface area contributed by atoms with Crippen molar-refractivity contribution in [2.75, 3.05) is 12.0 Å². The van der Waals surface area contributed by atoms with Gasteiger partial charge in [-0.15, -0.1) is 0 Å². The number of esters is 1. The molecule has 0 atom stereocenters. The lowest BCUT2D eigenvalue weighted by molar-refractivity contribution is 0.0525. The van der Waals surface area contributed by atoms with Gasteiger partial charge >= 0.3 is 5.97 Å². The Morgan fingerprint density at radius 3 is 2.76 bits per heavy atom.